The number of anilines is 2. The fourth-order valence-corrected chi connectivity index (χ4v) is 5.34. The van der Waals surface area contributed by atoms with Crippen molar-refractivity contribution in [3.8, 4) is 11.3 Å². The van der Waals surface area contributed by atoms with Gasteiger partial charge in [0.2, 0.25) is 11.8 Å². The lowest BCUT2D eigenvalue weighted by molar-refractivity contribution is -0.133. The van der Waals surface area contributed by atoms with Crippen molar-refractivity contribution in [3.05, 3.63) is 24.5 Å². The number of nitrogens with zero attached hydrogens (tertiary/aromatic N) is 6. The van der Waals surface area contributed by atoms with Crippen molar-refractivity contribution < 1.29 is 33.0 Å². The number of benzene rings is 1. The largest absolute Gasteiger partial charge is 0.424 e. The number of fused-ring (bicyclic) bond motifs is 2. The molecule has 0 radical (unpaired) electrons. The van der Waals surface area contributed by atoms with Gasteiger partial charge in [0.05, 0.1) is 64.7 Å². The van der Waals surface area contributed by atoms with Gasteiger partial charge in [-0.25, -0.2) is 14.6 Å². The Morgan fingerprint density at radius 1 is 0.898 bits per heavy atom. The van der Waals surface area contributed by atoms with Crippen LogP contribution in [0.5, 0.6) is 0 Å². The topological polar surface area (TPSA) is 220 Å². The van der Waals surface area contributed by atoms with E-state index >= 15 is 0 Å². The smallest absolute Gasteiger partial charge is 0.292 e. The molecule has 1 aliphatic rings. The van der Waals surface area contributed by atoms with Crippen molar-refractivity contribution in [1.29, 1.82) is 0 Å². The number of unbranched alkanes of at least 4 members (excludes halogenated alkanes) is 1. The summed E-state index contributed by atoms with van der Waals surface area (Å²) in [7, 11) is 0. The molecule has 0 atom stereocenters. The second-order valence-electron chi connectivity index (χ2n) is 11.4. The van der Waals surface area contributed by atoms with Crippen molar-refractivity contribution in [3.63, 3.8) is 0 Å². The van der Waals surface area contributed by atoms with Crippen molar-refractivity contribution in [2.24, 2.45) is 0 Å². The zero-order valence-electron chi connectivity index (χ0n) is 27.7. The van der Waals surface area contributed by atoms with Crippen LogP contribution in [0.15, 0.2) is 28.9 Å². The highest BCUT2D eigenvalue weighted by molar-refractivity contribution is 5.99. The quantitative estimate of drug-likeness (QED) is 0.0901. The summed E-state index contributed by atoms with van der Waals surface area (Å²) < 4.78 is 29.2. The van der Waals surface area contributed by atoms with Gasteiger partial charge < -0.3 is 50.4 Å². The molecule has 17 heteroatoms. The van der Waals surface area contributed by atoms with Crippen molar-refractivity contribution >= 4 is 45.8 Å². The average Bonchev–Trinajstić information content (AvgIpc) is 3.68. The van der Waals surface area contributed by atoms with Crippen molar-refractivity contribution in [2.75, 3.05) is 97.0 Å². The number of carbonyl (C=O) groups excluding carboxylic acids is 2. The van der Waals surface area contributed by atoms with Crippen LogP contribution in [-0.2, 0) is 35.1 Å². The Bertz CT molecular complexity index is 1640. The molecule has 266 valence electrons. The van der Waals surface area contributed by atoms with E-state index in [0.717, 1.165) is 44.6 Å². The maximum absolute atomic E-state index is 12.2. The monoisotopic (exact) mass is 682 g/mol. The third kappa shape index (κ3) is 10.8. The third-order valence-electron chi connectivity index (χ3n) is 7.87. The Balaban J connectivity index is 0.869. The molecule has 0 saturated carbocycles. The van der Waals surface area contributed by atoms with E-state index in [1.54, 1.807) is 6.07 Å². The lowest BCUT2D eigenvalue weighted by Gasteiger charge is -2.27. The van der Waals surface area contributed by atoms with Gasteiger partial charge >= 0.3 is 0 Å². The van der Waals surface area contributed by atoms with E-state index in [1.807, 2.05) is 21.7 Å². The van der Waals surface area contributed by atoms with Gasteiger partial charge in [0.15, 0.2) is 11.2 Å². The van der Waals surface area contributed by atoms with Crippen molar-refractivity contribution in [2.45, 2.75) is 32.2 Å². The highest BCUT2D eigenvalue weighted by Gasteiger charge is 2.18. The van der Waals surface area contributed by atoms with E-state index in [4.69, 9.17) is 39.9 Å². The number of rotatable bonds is 21. The number of aromatic nitrogens is 5. The summed E-state index contributed by atoms with van der Waals surface area (Å²) in [4.78, 5) is 38.9. The van der Waals surface area contributed by atoms with Gasteiger partial charge in [0.25, 0.3) is 6.01 Å². The van der Waals surface area contributed by atoms with Gasteiger partial charge in [-0.05, 0) is 31.0 Å². The van der Waals surface area contributed by atoms with Gasteiger partial charge in [-0.3, -0.25) is 9.59 Å². The molecule has 0 spiro atoms. The summed E-state index contributed by atoms with van der Waals surface area (Å²) in [6, 6.07) is 5.61. The Hall–Kier alpha value is -4.42. The number of aryl methyl sites for hydroxylation is 1. The normalized spacial score (nSPS) is 13.4. The first-order chi connectivity index (χ1) is 24.0. The van der Waals surface area contributed by atoms with E-state index in [1.165, 1.54) is 6.33 Å². The summed E-state index contributed by atoms with van der Waals surface area (Å²) in [5.74, 6) is 0.405. The Kier molecular flexibility index (Phi) is 13.9. The maximum atomic E-state index is 12.2. The molecular weight excluding hydrogens is 636 g/mol. The number of hydrogen-bond donors (Lipinski definition) is 4. The lowest BCUT2D eigenvalue weighted by atomic mass is 10.1. The van der Waals surface area contributed by atoms with Crippen LogP contribution in [0.4, 0.5) is 11.8 Å². The predicted octanol–water partition coefficient (Wildman–Crippen LogP) is 0.974. The second kappa shape index (κ2) is 18.9. The number of amides is 2. The summed E-state index contributed by atoms with van der Waals surface area (Å²) in [5.41, 5.74) is 15.2. The van der Waals surface area contributed by atoms with E-state index < -0.39 is 0 Å². The second-order valence-corrected chi connectivity index (χ2v) is 11.4. The number of nitrogens with one attached hydrogen (secondary N) is 2. The Labute approximate surface area is 284 Å². The SMILES string of the molecule is Nc1nc2cc(-c3nn(CCCCNC(=O)CCOCCOCCOCCOCCC(=O)N4CCNCC4)c4ncnc(N)c34)ccc2o1. The number of ether oxygens (including phenoxy) is 4. The minimum Gasteiger partial charge on any atom is -0.424 e. The number of oxazole rings is 1. The van der Waals surface area contributed by atoms with Crippen LogP contribution in [0.3, 0.4) is 0 Å². The molecule has 0 bridgehead atoms. The van der Waals surface area contributed by atoms with E-state index in [-0.39, 0.29) is 24.2 Å². The molecule has 49 heavy (non-hydrogen) atoms. The minimum absolute atomic E-state index is 0.0686. The molecular formula is C32H46N10O7. The first-order valence-corrected chi connectivity index (χ1v) is 16.7. The van der Waals surface area contributed by atoms with E-state index in [0.29, 0.717) is 106 Å². The third-order valence-corrected chi connectivity index (χ3v) is 7.87. The summed E-state index contributed by atoms with van der Waals surface area (Å²) in [5, 5.41) is 11.6. The molecule has 1 aliphatic heterocycles. The maximum Gasteiger partial charge on any atom is 0.292 e. The molecule has 5 rings (SSSR count). The molecule has 1 fully saturated rings. The van der Waals surface area contributed by atoms with Crippen LogP contribution < -0.4 is 22.1 Å². The van der Waals surface area contributed by atoms with Gasteiger partial charge in [0, 0.05) is 51.3 Å². The van der Waals surface area contributed by atoms with Crippen LogP contribution in [-0.4, -0.2) is 127 Å². The molecule has 1 aromatic carbocycles. The molecule has 0 unspecified atom stereocenters. The average molecular weight is 683 g/mol. The van der Waals surface area contributed by atoms with Gasteiger partial charge in [-0.15, -0.1) is 0 Å². The van der Waals surface area contributed by atoms with Gasteiger partial charge in [-0.2, -0.15) is 10.1 Å². The van der Waals surface area contributed by atoms with E-state index in [2.05, 4.69) is 25.6 Å². The predicted molar refractivity (Wildman–Crippen MR) is 181 cm³/mol. The lowest BCUT2D eigenvalue weighted by Crippen LogP contribution is -2.46. The number of nitrogens with two attached hydrogens (primary N) is 2. The first-order valence-electron chi connectivity index (χ1n) is 16.7. The Morgan fingerprint density at radius 3 is 2.33 bits per heavy atom. The molecule has 4 aromatic rings. The van der Waals surface area contributed by atoms with Crippen LogP contribution in [0.25, 0.3) is 33.4 Å². The fraction of sp³-hybridized carbons (Fsp3) is 0.562. The standard InChI is InChI=1S/C32H46N10O7/c33-30-28-29(23-3-4-25-24(21-23)39-32(34)49-25)40-42(31(28)38-22-37-30)10-2-1-7-36-26(43)5-13-45-15-17-47-19-20-48-18-16-46-14-6-27(44)41-11-8-35-9-12-41/h3-4,21-22,35H,1-2,5-20H2,(H2,34,39)(H,36,43)(H2,33,37,38). The molecule has 4 heterocycles. The molecule has 17 nitrogen and oxygen atoms in total. The minimum atomic E-state index is -0.0686. The van der Waals surface area contributed by atoms with Gasteiger partial charge in [-0.1, -0.05) is 0 Å². The first kappa shape index (κ1) is 35.9. The summed E-state index contributed by atoms with van der Waals surface area (Å²) in [6.45, 7) is 7.63. The zero-order chi connectivity index (χ0) is 34.3. The van der Waals surface area contributed by atoms with E-state index in [9.17, 15) is 9.59 Å². The van der Waals surface area contributed by atoms with Gasteiger partial charge in [0.1, 0.15) is 23.4 Å². The van der Waals surface area contributed by atoms with Crippen LogP contribution in [0.2, 0.25) is 0 Å². The number of piperazine rings is 1. The van der Waals surface area contributed by atoms with Crippen LogP contribution in [0, 0.1) is 0 Å². The molecule has 6 N–H and O–H groups in total. The number of nitrogen functional groups attached to an aromatic ring is 2. The molecule has 3 aromatic heterocycles. The zero-order valence-corrected chi connectivity index (χ0v) is 27.7. The number of carbonyl (C=O) groups is 2. The molecule has 0 aliphatic carbocycles. The summed E-state index contributed by atoms with van der Waals surface area (Å²) >= 11 is 0. The van der Waals surface area contributed by atoms with Crippen LogP contribution >= 0.6 is 0 Å². The van der Waals surface area contributed by atoms with Crippen molar-refractivity contribution in [1.82, 2.24) is 40.3 Å². The highest BCUT2D eigenvalue weighted by atomic mass is 16.6. The highest BCUT2D eigenvalue weighted by Crippen LogP contribution is 2.32. The fourth-order valence-electron chi connectivity index (χ4n) is 5.34. The van der Waals surface area contributed by atoms with Crippen LogP contribution in [0.1, 0.15) is 25.7 Å². The molecule has 2 amide bonds. The Morgan fingerprint density at radius 2 is 1.59 bits per heavy atom. The summed E-state index contributed by atoms with van der Waals surface area (Å²) in [6.07, 6.45) is 3.61. The molecule has 1 saturated heterocycles. The number of hydrogen-bond acceptors (Lipinski definition) is 14.